The van der Waals surface area contributed by atoms with Crippen LogP contribution in [0.3, 0.4) is 0 Å². The highest BCUT2D eigenvalue weighted by Gasteiger charge is 2.39. The summed E-state index contributed by atoms with van der Waals surface area (Å²) in [5, 5.41) is 21.1. The van der Waals surface area contributed by atoms with Crippen molar-refractivity contribution in [1.29, 1.82) is 0 Å². The lowest BCUT2D eigenvalue weighted by Crippen LogP contribution is -2.62. The molecule has 0 spiro atoms. The van der Waals surface area contributed by atoms with Gasteiger partial charge < -0.3 is 16.2 Å². The fourth-order valence-corrected chi connectivity index (χ4v) is 2.25. The number of nitrogens with one attached hydrogen (secondary N) is 2. The molecule has 0 aliphatic heterocycles. The van der Waals surface area contributed by atoms with Crippen LogP contribution in [0.25, 0.3) is 0 Å². The van der Waals surface area contributed by atoms with E-state index < -0.39 is 23.5 Å². The number of nitrogen functional groups attached to an aromatic ring is 1. The summed E-state index contributed by atoms with van der Waals surface area (Å²) in [5.41, 5.74) is 7.75. The molecule has 0 aromatic heterocycles. The molecular formula is C22H21N3O4. The van der Waals surface area contributed by atoms with Crippen molar-refractivity contribution in [2.24, 2.45) is 0 Å². The van der Waals surface area contributed by atoms with Crippen LogP contribution in [0.4, 0.5) is 5.69 Å². The zero-order valence-corrected chi connectivity index (χ0v) is 16.0. The van der Waals surface area contributed by atoms with Gasteiger partial charge in [-0.05, 0) is 74.2 Å². The number of benzene rings is 2. The van der Waals surface area contributed by atoms with E-state index in [0.717, 1.165) is 5.56 Å². The van der Waals surface area contributed by atoms with Crippen LogP contribution < -0.4 is 16.5 Å². The molecule has 0 bridgehead atoms. The van der Waals surface area contributed by atoms with Crippen molar-refractivity contribution in [2.45, 2.75) is 25.5 Å². The Morgan fingerprint density at radius 1 is 1.00 bits per heavy atom. The van der Waals surface area contributed by atoms with Crippen molar-refractivity contribution >= 4 is 17.5 Å². The topological polar surface area (TPSA) is 125 Å². The maximum atomic E-state index is 12.4. The summed E-state index contributed by atoms with van der Waals surface area (Å²) < 4.78 is 0. The van der Waals surface area contributed by atoms with E-state index >= 15 is 0 Å². The van der Waals surface area contributed by atoms with Crippen LogP contribution >= 0.6 is 0 Å². The van der Waals surface area contributed by atoms with Crippen LogP contribution in [0.1, 0.15) is 35.3 Å². The molecule has 6 N–H and O–H groups in total. The minimum absolute atomic E-state index is 0.265. The van der Waals surface area contributed by atoms with Gasteiger partial charge in [-0.1, -0.05) is 11.8 Å². The average Bonchev–Trinajstić information content (AvgIpc) is 2.72. The van der Waals surface area contributed by atoms with Crippen LogP contribution in [-0.2, 0) is 4.79 Å². The van der Waals surface area contributed by atoms with Crippen LogP contribution in [0.15, 0.2) is 48.5 Å². The predicted octanol–water partition coefficient (Wildman–Crippen LogP) is 1.05. The average molecular weight is 391 g/mol. The van der Waals surface area contributed by atoms with Gasteiger partial charge in [-0.25, -0.2) is 5.48 Å². The molecule has 2 rings (SSSR count). The lowest BCUT2D eigenvalue weighted by atomic mass is 9.94. The highest BCUT2D eigenvalue weighted by atomic mass is 16.5. The summed E-state index contributed by atoms with van der Waals surface area (Å²) in [4.78, 5) is 24.2. The molecule has 7 heteroatoms. The third-order valence-corrected chi connectivity index (χ3v) is 4.32. The fourth-order valence-electron chi connectivity index (χ4n) is 2.25. The number of anilines is 1. The molecule has 7 nitrogen and oxygen atoms in total. The SMILES string of the molecule is C[C@@H](O)[C@@](C)(NC(=O)c1ccc(C#CC#Cc2ccc(N)cc2)cc1)C(=O)NO. The predicted molar refractivity (Wildman–Crippen MR) is 109 cm³/mol. The maximum absolute atomic E-state index is 12.4. The van der Waals surface area contributed by atoms with Crippen molar-refractivity contribution in [3.63, 3.8) is 0 Å². The number of carbonyl (C=O) groups excluding carboxylic acids is 2. The van der Waals surface area contributed by atoms with Gasteiger partial charge in [0.15, 0.2) is 0 Å². The van der Waals surface area contributed by atoms with Gasteiger partial charge in [-0.2, -0.15) is 0 Å². The summed E-state index contributed by atoms with van der Waals surface area (Å²) in [6.07, 6.45) is -1.23. The lowest BCUT2D eigenvalue weighted by molar-refractivity contribution is -0.139. The monoisotopic (exact) mass is 391 g/mol. The highest BCUT2D eigenvalue weighted by molar-refractivity contribution is 5.99. The lowest BCUT2D eigenvalue weighted by Gasteiger charge is -2.31. The second-order valence-electron chi connectivity index (χ2n) is 6.47. The molecule has 0 heterocycles. The van der Waals surface area contributed by atoms with Gasteiger partial charge in [-0.3, -0.25) is 14.8 Å². The van der Waals surface area contributed by atoms with E-state index in [-0.39, 0.29) is 5.56 Å². The van der Waals surface area contributed by atoms with Crippen LogP contribution in [-0.4, -0.2) is 33.8 Å². The van der Waals surface area contributed by atoms with Crippen molar-refractivity contribution in [1.82, 2.24) is 10.8 Å². The third kappa shape index (κ3) is 5.60. The molecular weight excluding hydrogens is 370 g/mol. The number of aliphatic hydroxyl groups excluding tert-OH is 1. The Labute approximate surface area is 168 Å². The first-order valence-corrected chi connectivity index (χ1v) is 8.69. The van der Waals surface area contributed by atoms with Gasteiger partial charge in [0.2, 0.25) is 0 Å². The summed E-state index contributed by atoms with van der Waals surface area (Å²) in [6.45, 7) is 2.64. The minimum atomic E-state index is -1.69. The van der Waals surface area contributed by atoms with E-state index in [1.165, 1.54) is 31.5 Å². The number of amides is 2. The van der Waals surface area contributed by atoms with E-state index in [4.69, 9.17) is 10.9 Å². The molecule has 2 aromatic carbocycles. The standard InChI is InChI=1S/C22H21N3O4/c1-15(26)22(2,21(28)25-29)24-20(27)18-11-7-16(8-12-18)5-3-4-6-17-9-13-19(23)14-10-17/h7-15,26,29H,23H2,1-2H3,(H,24,27)(H,25,28)/t15-,22-/m1/s1. The molecule has 2 amide bonds. The molecule has 2 atom stereocenters. The molecule has 0 aliphatic carbocycles. The van der Waals surface area contributed by atoms with Gasteiger partial charge in [-0.15, -0.1) is 0 Å². The van der Waals surface area contributed by atoms with Gasteiger partial charge in [0.25, 0.3) is 11.8 Å². The molecule has 0 saturated carbocycles. The Morgan fingerprint density at radius 2 is 1.48 bits per heavy atom. The van der Waals surface area contributed by atoms with E-state index in [2.05, 4.69) is 29.0 Å². The number of carbonyl (C=O) groups is 2. The number of nitrogens with two attached hydrogens (primary N) is 1. The third-order valence-electron chi connectivity index (χ3n) is 4.32. The Morgan fingerprint density at radius 3 is 1.93 bits per heavy atom. The molecule has 0 aliphatic rings. The Bertz CT molecular complexity index is 1010. The summed E-state index contributed by atoms with van der Waals surface area (Å²) in [5.74, 6) is 9.73. The molecule has 0 unspecified atom stereocenters. The van der Waals surface area contributed by atoms with E-state index in [1.54, 1.807) is 36.4 Å². The molecule has 0 radical (unpaired) electrons. The molecule has 2 aromatic rings. The Kier molecular flexibility index (Phi) is 6.99. The zero-order chi connectivity index (χ0) is 21.4. The van der Waals surface area contributed by atoms with E-state index in [9.17, 15) is 14.7 Å². The molecule has 0 saturated heterocycles. The molecule has 29 heavy (non-hydrogen) atoms. The number of aliphatic hydroxyl groups is 1. The van der Waals surface area contributed by atoms with E-state index in [0.29, 0.717) is 11.3 Å². The second kappa shape index (κ2) is 9.43. The van der Waals surface area contributed by atoms with Gasteiger partial charge in [0, 0.05) is 22.4 Å². The normalized spacial score (nSPS) is 12.8. The van der Waals surface area contributed by atoms with Crippen molar-refractivity contribution in [3.8, 4) is 23.7 Å². The molecule has 148 valence electrons. The van der Waals surface area contributed by atoms with Gasteiger partial charge >= 0.3 is 0 Å². The second-order valence-corrected chi connectivity index (χ2v) is 6.47. The fraction of sp³-hybridized carbons (Fsp3) is 0.182. The van der Waals surface area contributed by atoms with Crippen LogP contribution in [0, 0.1) is 23.7 Å². The summed E-state index contributed by atoms with van der Waals surface area (Å²) in [7, 11) is 0. The van der Waals surface area contributed by atoms with Gasteiger partial charge in [0.1, 0.15) is 5.54 Å². The number of hydrogen-bond acceptors (Lipinski definition) is 5. The molecule has 0 fully saturated rings. The maximum Gasteiger partial charge on any atom is 0.271 e. The van der Waals surface area contributed by atoms with Crippen molar-refractivity contribution in [2.75, 3.05) is 5.73 Å². The first kappa shape index (κ1) is 21.5. The van der Waals surface area contributed by atoms with Crippen LogP contribution in [0.2, 0.25) is 0 Å². The first-order valence-electron chi connectivity index (χ1n) is 8.69. The Hall–Kier alpha value is -3.78. The van der Waals surface area contributed by atoms with Gasteiger partial charge in [0.05, 0.1) is 6.10 Å². The van der Waals surface area contributed by atoms with Crippen LogP contribution in [0.5, 0.6) is 0 Å². The van der Waals surface area contributed by atoms with Crippen molar-refractivity contribution in [3.05, 3.63) is 65.2 Å². The highest BCUT2D eigenvalue weighted by Crippen LogP contribution is 2.13. The quantitative estimate of drug-likeness (QED) is 0.231. The number of hydroxylamine groups is 1. The Balaban J connectivity index is 2.08. The number of rotatable bonds is 4. The smallest absolute Gasteiger partial charge is 0.271 e. The minimum Gasteiger partial charge on any atom is -0.399 e. The summed E-state index contributed by atoms with van der Waals surface area (Å²) >= 11 is 0. The summed E-state index contributed by atoms with van der Waals surface area (Å²) in [6, 6.07) is 13.5. The zero-order valence-electron chi connectivity index (χ0n) is 16.0. The number of hydrogen-bond donors (Lipinski definition) is 5. The van der Waals surface area contributed by atoms with Crippen molar-refractivity contribution < 1.29 is 19.9 Å². The first-order chi connectivity index (χ1) is 13.8. The van der Waals surface area contributed by atoms with E-state index in [1.807, 2.05) is 0 Å². The largest absolute Gasteiger partial charge is 0.399 e.